The zero-order valence-corrected chi connectivity index (χ0v) is 19.5. The lowest BCUT2D eigenvalue weighted by molar-refractivity contribution is -0.143. The Labute approximate surface area is 192 Å². The van der Waals surface area contributed by atoms with Gasteiger partial charge < -0.3 is 9.84 Å². The lowest BCUT2D eigenvalue weighted by atomic mass is 9.87. The normalized spacial score (nSPS) is 18.6. The summed E-state index contributed by atoms with van der Waals surface area (Å²) in [6.45, 7) is 6.85. The van der Waals surface area contributed by atoms with Gasteiger partial charge in [-0.15, -0.1) is 10.2 Å². The zero-order valence-electron chi connectivity index (χ0n) is 19.5. The molecule has 3 heterocycles. The molecule has 2 atom stereocenters. The largest absolute Gasteiger partial charge is 0.489 e. The number of carboxylic acids is 1. The van der Waals surface area contributed by atoms with Gasteiger partial charge in [-0.2, -0.15) is 0 Å². The number of rotatable bonds is 8. The van der Waals surface area contributed by atoms with Crippen molar-refractivity contribution in [2.45, 2.75) is 65.5 Å². The topological polar surface area (TPSA) is 134 Å². The first-order valence-electron chi connectivity index (χ1n) is 11.3. The van der Waals surface area contributed by atoms with Crippen LogP contribution in [-0.4, -0.2) is 57.4 Å². The third kappa shape index (κ3) is 5.18. The number of hydrogen-bond acceptors (Lipinski definition) is 8. The summed E-state index contributed by atoms with van der Waals surface area (Å²) < 4.78 is 9.67. The van der Waals surface area contributed by atoms with Crippen molar-refractivity contribution in [1.82, 2.24) is 40.2 Å². The number of tetrazole rings is 1. The second kappa shape index (κ2) is 9.63. The van der Waals surface area contributed by atoms with E-state index in [0.717, 1.165) is 36.6 Å². The van der Waals surface area contributed by atoms with Crippen LogP contribution in [0.5, 0.6) is 5.75 Å². The van der Waals surface area contributed by atoms with E-state index in [1.807, 2.05) is 30.8 Å². The minimum absolute atomic E-state index is 0.113. The van der Waals surface area contributed by atoms with E-state index < -0.39 is 5.97 Å². The Morgan fingerprint density at radius 1 is 1.24 bits per heavy atom. The molecule has 1 saturated carbocycles. The van der Waals surface area contributed by atoms with Crippen LogP contribution in [0.3, 0.4) is 0 Å². The van der Waals surface area contributed by atoms with Gasteiger partial charge in [-0.05, 0) is 61.1 Å². The third-order valence-electron chi connectivity index (χ3n) is 5.96. The van der Waals surface area contributed by atoms with Crippen LogP contribution in [0.2, 0.25) is 0 Å². The molecule has 0 radical (unpaired) electrons. The molecule has 33 heavy (non-hydrogen) atoms. The summed E-state index contributed by atoms with van der Waals surface area (Å²) in [5.74, 6) is 0.746. The molecule has 3 aromatic heterocycles. The SMILES string of the molecule is Cc1nc(-c2nnn(C)c2Cc2nnnn2CC(C)C)ccc1O[C@H]1CCC[C@H](C(=O)O)C1. The Morgan fingerprint density at radius 2 is 2.06 bits per heavy atom. The molecule has 0 spiro atoms. The van der Waals surface area contributed by atoms with Gasteiger partial charge in [-0.3, -0.25) is 9.48 Å². The monoisotopic (exact) mass is 454 g/mol. The first-order valence-corrected chi connectivity index (χ1v) is 11.3. The van der Waals surface area contributed by atoms with E-state index >= 15 is 0 Å². The van der Waals surface area contributed by atoms with Crippen molar-refractivity contribution >= 4 is 5.97 Å². The molecule has 0 unspecified atom stereocenters. The van der Waals surface area contributed by atoms with Gasteiger partial charge in [-0.25, -0.2) is 9.67 Å². The first kappa shape index (κ1) is 22.8. The maximum Gasteiger partial charge on any atom is 0.306 e. The van der Waals surface area contributed by atoms with E-state index in [4.69, 9.17) is 9.72 Å². The molecular formula is C22H30N8O3. The molecule has 4 rings (SSSR count). The first-order chi connectivity index (χ1) is 15.8. The summed E-state index contributed by atoms with van der Waals surface area (Å²) >= 11 is 0. The van der Waals surface area contributed by atoms with Crippen molar-refractivity contribution in [3.05, 3.63) is 29.3 Å². The maximum atomic E-state index is 11.3. The quantitative estimate of drug-likeness (QED) is 0.544. The number of carbonyl (C=O) groups is 1. The number of aryl methyl sites for hydroxylation is 2. The average Bonchev–Trinajstić information content (AvgIpc) is 3.36. The fraction of sp³-hybridized carbons (Fsp3) is 0.591. The number of hydrogen-bond donors (Lipinski definition) is 1. The van der Waals surface area contributed by atoms with Crippen molar-refractivity contribution in [3.63, 3.8) is 0 Å². The molecule has 1 aliphatic rings. The van der Waals surface area contributed by atoms with Gasteiger partial charge in [0.2, 0.25) is 0 Å². The maximum absolute atomic E-state index is 11.3. The van der Waals surface area contributed by atoms with Gasteiger partial charge in [0, 0.05) is 13.6 Å². The highest BCUT2D eigenvalue weighted by Crippen LogP contribution is 2.30. The van der Waals surface area contributed by atoms with E-state index in [-0.39, 0.29) is 12.0 Å². The van der Waals surface area contributed by atoms with Crippen LogP contribution in [0.15, 0.2) is 12.1 Å². The van der Waals surface area contributed by atoms with Crippen LogP contribution < -0.4 is 4.74 Å². The van der Waals surface area contributed by atoms with E-state index in [1.165, 1.54) is 0 Å². The zero-order chi connectivity index (χ0) is 23.5. The van der Waals surface area contributed by atoms with E-state index in [0.29, 0.717) is 42.3 Å². The summed E-state index contributed by atoms with van der Waals surface area (Å²) in [4.78, 5) is 16.1. The predicted molar refractivity (Wildman–Crippen MR) is 118 cm³/mol. The summed E-state index contributed by atoms with van der Waals surface area (Å²) in [7, 11) is 1.84. The highest BCUT2D eigenvalue weighted by atomic mass is 16.5. The van der Waals surface area contributed by atoms with E-state index in [1.54, 1.807) is 4.68 Å². The number of nitrogens with zero attached hydrogens (tertiary/aromatic N) is 8. The van der Waals surface area contributed by atoms with Gasteiger partial charge in [-0.1, -0.05) is 19.1 Å². The molecule has 0 saturated heterocycles. The number of aliphatic carboxylic acids is 1. The van der Waals surface area contributed by atoms with Crippen molar-refractivity contribution in [1.29, 1.82) is 0 Å². The smallest absolute Gasteiger partial charge is 0.306 e. The van der Waals surface area contributed by atoms with Crippen LogP contribution in [0.25, 0.3) is 11.4 Å². The van der Waals surface area contributed by atoms with Crippen LogP contribution in [-0.2, 0) is 24.8 Å². The lowest BCUT2D eigenvalue weighted by Crippen LogP contribution is -2.29. The number of ether oxygens (including phenoxy) is 1. The minimum Gasteiger partial charge on any atom is -0.489 e. The fourth-order valence-electron chi connectivity index (χ4n) is 4.22. The molecule has 176 valence electrons. The number of pyridine rings is 1. The molecule has 11 heteroatoms. The predicted octanol–water partition coefficient (Wildman–Crippen LogP) is 2.44. The fourth-order valence-corrected chi connectivity index (χ4v) is 4.22. The molecule has 1 N–H and O–H groups in total. The van der Waals surface area contributed by atoms with Crippen molar-refractivity contribution in [2.75, 3.05) is 0 Å². The lowest BCUT2D eigenvalue weighted by Gasteiger charge is -2.27. The molecule has 0 aliphatic heterocycles. The van der Waals surface area contributed by atoms with Crippen molar-refractivity contribution < 1.29 is 14.6 Å². The van der Waals surface area contributed by atoms with Crippen molar-refractivity contribution in [3.8, 4) is 17.1 Å². The Kier molecular flexibility index (Phi) is 6.66. The average molecular weight is 455 g/mol. The van der Waals surface area contributed by atoms with Gasteiger partial charge in [0.25, 0.3) is 0 Å². The molecule has 3 aromatic rings. The Hall–Kier alpha value is -3.37. The molecule has 1 fully saturated rings. The summed E-state index contributed by atoms with van der Waals surface area (Å²) in [6, 6.07) is 3.74. The van der Waals surface area contributed by atoms with E-state index in [9.17, 15) is 9.90 Å². The molecular weight excluding hydrogens is 424 g/mol. The van der Waals surface area contributed by atoms with Crippen molar-refractivity contribution in [2.24, 2.45) is 18.9 Å². The standard InChI is InChI=1S/C22H30N8O3/c1-13(2)12-30-20(24-26-28-30)11-18-21(25-27-29(18)4)17-8-9-19(14(3)23-17)33-16-7-5-6-15(10-16)22(31)32/h8-9,13,15-16H,5-7,10-12H2,1-4H3,(H,31,32)/t15-,16-/m0/s1. The second-order valence-electron chi connectivity index (χ2n) is 9.08. The minimum atomic E-state index is -0.747. The summed E-state index contributed by atoms with van der Waals surface area (Å²) in [5, 5.41) is 30.0. The highest BCUT2D eigenvalue weighted by Gasteiger charge is 2.28. The highest BCUT2D eigenvalue weighted by molar-refractivity contribution is 5.70. The Morgan fingerprint density at radius 3 is 2.79 bits per heavy atom. The van der Waals surface area contributed by atoms with Gasteiger partial charge >= 0.3 is 5.97 Å². The van der Waals surface area contributed by atoms with Crippen LogP contribution in [0, 0.1) is 18.8 Å². The van der Waals surface area contributed by atoms with Crippen LogP contribution in [0.4, 0.5) is 0 Å². The Bertz CT molecular complexity index is 1120. The Balaban J connectivity index is 1.53. The summed E-state index contributed by atoms with van der Waals surface area (Å²) in [6.07, 6.45) is 3.31. The second-order valence-corrected chi connectivity index (χ2v) is 9.08. The molecule has 0 aromatic carbocycles. The number of carboxylic acid groups (broad SMARTS) is 1. The van der Waals surface area contributed by atoms with Gasteiger partial charge in [0.1, 0.15) is 11.4 Å². The molecule has 11 nitrogen and oxygen atoms in total. The molecule has 1 aliphatic carbocycles. The molecule has 0 amide bonds. The summed E-state index contributed by atoms with van der Waals surface area (Å²) in [5.41, 5.74) is 2.96. The third-order valence-corrected chi connectivity index (χ3v) is 5.96. The molecule has 0 bridgehead atoms. The van der Waals surface area contributed by atoms with Gasteiger partial charge in [0.15, 0.2) is 5.82 Å². The van der Waals surface area contributed by atoms with Gasteiger partial charge in [0.05, 0.1) is 35.5 Å². The number of aromatic nitrogens is 8. The van der Waals surface area contributed by atoms with E-state index in [2.05, 4.69) is 39.7 Å². The van der Waals surface area contributed by atoms with Crippen LogP contribution >= 0.6 is 0 Å². The van der Waals surface area contributed by atoms with Crippen LogP contribution in [0.1, 0.15) is 56.7 Å².